The lowest BCUT2D eigenvalue weighted by Gasteiger charge is -2.24. The van der Waals surface area contributed by atoms with Crippen LogP contribution in [0.1, 0.15) is 18.9 Å². The monoisotopic (exact) mass is 434 g/mol. The van der Waals surface area contributed by atoms with Crippen LogP contribution in [0.25, 0.3) is 0 Å². The summed E-state index contributed by atoms with van der Waals surface area (Å²) in [5.41, 5.74) is 0.945. The fourth-order valence-electron chi connectivity index (χ4n) is 3.60. The van der Waals surface area contributed by atoms with Crippen molar-refractivity contribution in [1.82, 2.24) is 0 Å². The molecule has 138 valence electrons. The van der Waals surface area contributed by atoms with Gasteiger partial charge in [-0.05, 0) is 37.2 Å². The first-order valence-electron chi connectivity index (χ1n) is 8.78. The van der Waals surface area contributed by atoms with Gasteiger partial charge in [0.2, 0.25) is 0 Å². The second-order valence-corrected chi connectivity index (χ2v) is 7.37. The largest absolute Gasteiger partial charge is 1.00 e. The van der Waals surface area contributed by atoms with E-state index in [0.29, 0.717) is 13.2 Å². The molecule has 1 unspecified atom stereocenters. The van der Waals surface area contributed by atoms with Crippen LogP contribution in [-0.2, 0) is 5.72 Å². The zero-order chi connectivity index (χ0) is 17.3. The molecular weight excluding hydrogens is 412 g/mol. The molecular formula is C20H23BrN2O2S. The second-order valence-electron chi connectivity index (χ2n) is 6.31. The molecule has 2 aliphatic rings. The summed E-state index contributed by atoms with van der Waals surface area (Å²) in [5, 5.41) is 12.7. The third-order valence-corrected chi connectivity index (χ3v) is 5.93. The van der Waals surface area contributed by atoms with Gasteiger partial charge in [-0.2, -0.15) is 0 Å². The van der Waals surface area contributed by atoms with Crippen LogP contribution in [0.2, 0.25) is 0 Å². The standard InChI is InChI=1S/C20H23N2O2S.BrH/c1-2-24-18-12-7-6-11-17(18)21-15-20(23,16-9-4-3-5-10-16)22-13-8-14-25-19(21)22;/h3-7,9-12,23H,2,8,13-15H2,1H3;1H/q+1;/p-1. The van der Waals surface area contributed by atoms with Crippen molar-refractivity contribution in [2.24, 2.45) is 0 Å². The summed E-state index contributed by atoms with van der Waals surface area (Å²) in [5.74, 6) is 1.94. The van der Waals surface area contributed by atoms with Gasteiger partial charge in [0.1, 0.15) is 0 Å². The molecule has 26 heavy (non-hydrogen) atoms. The number of nitrogens with zero attached hydrogens (tertiary/aromatic N) is 2. The van der Waals surface area contributed by atoms with E-state index in [0.717, 1.165) is 40.9 Å². The minimum Gasteiger partial charge on any atom is -1.00 e. The third-order valence-electron chi connectivity index (χ3n) is 4.74. The average molecular weight is 435 g/mol. The molecule has 1 atom stereocenters. The first-order valence-corrected chi connectivity index (χ1v) is 9.77. The Kier molecular flexibility index (Phi) is 5.95. The van der Waals surface area contributed by atoms with Crippen molar-refractivity contribution >= 4 is 22.6 Å². The average Bonchev–Trinajstić information content (AvgIpc) is 2.98. The molecule has 0 aliphatic carbocycles. The molecule has 6 heteroatoms. The first kappa shape index (κ1) is 19.3. The van der Waals surface area contributed by atoms with E-state index in [2.05, 4.69) is 15.5 Å². The summed E-state index contributed by atoms with van der Waals surface area (Å²) in [6, 6.07) is 18.1. The highest BCUT2D eigenvalue weighted by atomic mass is 79.9. The van der Waals surface area contributed by atoms with Crippen molar-refractivity contribution in [3.63, 3.8) is 0 Å². The molecule has 4 nitrogen and oxygen atoms in total. The zero-order valence-electron chi connectivity index (χ0n) is 14.8. The Morgan fingerprint density at radius 3 is 2.65 bits per heavy atom. The first-order chi connectivity index (χ1) is 12.2. The summed E-state index contributed by atoms with van der Waals surface area (Å²) < 4.78 is 7.99. The number of halogens is 1. The lowest BCUT2D eigenvalue weighted by molar-refractivity contribution is -0.656. The van der Waals surface area contributed by atoms with Gasteiger partial charge in [-0.15, -0.1) is 0 Å². The third kappa shape index (κ3) is 3.26. The number of rotatable bonds is 4. The maximum Gasteiger partial charge on any atom is 0.316 e. The second kappa shape index (κ2) is 8.03. The summed E-state index contributed by atoms with van der Waals surface area (Å²) in [6.07, 6.45) is 1.07. The number of hydrogen-bond acceptors (Lipinski definition) is 4. The van der Waals surface area contributed by atoms with E-state index in [1.54, 1.807) is 0 Å². The van der Waals surface area contributed by atoms with Gasteiger partial charge < -0.3 is 26.8 Å². The van der Waals surface area contributed by atoms with Crippen LogP contribution in [0.3, 0.4) is 0 Å². The Balaban J connectivity index is 0.00000196. The molecule has 2 aromatic rings. The Morgan fingerprint density at radius 1 is 1.15 bits per heavy atom. The Bertz CT molecular complexity index is 799. The molecule has 0 fully saturated rings. The molecule has 1 N–H and O–H groups in total. The smallest absolute Gasteiger partial charge is 0.316 e. The highest BCUT2D eigenvalue weighted by Crippen LogP contribution is 2.40. The van der Waals surface area contributed by atoms with Crippen LogP contribution < -0.4 is 26.6 Å². The quantitative estimate of drug-likeness (QED) is 0.700. The molecule has 0 aromatic heterocycles. The highest BCUT2D eigenvalue weighted by Gasteiger charge is 2.53. The summed E-state index contributed by atoms with van der Waals surface area (Å²) >= 11 is 1.81. The lowest BCUT2D eigenvalue weighted by atomic mass is 10.0. The van der Waals surface area contributed by atoms with E-state index >= 15 is 0 Å². The van der Waals surface area contributed by atoms with E-state index in [-0.39, 0.29) is 17.0 Å². The maximum absolute atomic E-state index is 11.6. The molecule has 0 saturated carbocycles. The van der Waals surface area contributed by atoms with Crippen molar-refractivity contribution < 1.29 is 31.4 Å². The summed E-state index contributed by atoms with van der Waals surface area (Å²) in [7, 11) is 0. The van der Waals surface area contributed by atoms with Gasteiger partial charge in [0.25, 0.3) is 5.72 Å². The number of anilines is 1. The number of benzene rings is 2. The predicted octanol–water partition coefficient (Wildman–Crippen LogP) is 0.260. The molecule has 2 aliphatic heterocycles. The molecule has 0 amide bonds. The van der Waals surface area contributed by atoms with Crippen LogP contribution in [0, 0.1) is 0 Å². The van der Waals surface area contributed by atoms with Gasteiger partial charge in [-0.3, -0.25) is 0 Å². The Labute approximate surface area is 169 Å². The maximum atomic E-state index is 11.6. The number of hydrogen-bond donors (Lipinski definition) is 1. The van der Waals surface area contributed by atoms with Gasteiger partial charge >= 0.3 is 5.17 Å². The minimum atomic E-state index is -1.01. The summed E-state index contributed by atoms with van der Waals surface area (Å²) in [4.78, 5) is 2.21. The number of thioether (sulfide) groups is 1. The Morgan fingerprint density at radius 2 is 1.88 bits per heavy atom. The fourth-order valence-corrected chi connectivity index (χ4v) is 4.77. The predicted molar refractivity (Wildman–Crippen MR) is 103 cm³/mol. The van der Waals surface area contributed by atoms with Crippen LogP contribution in [0.4, 0.5) is 5.69 Å². The molecule has 4 rings (SSSR count). The van der Waals surface area contributed by atoms with Gasteiger partial charge in [-0.1, -0.05) is 42.5 Å². The van der Waals surface area contributed by atoms with Crippen LogP contribution in [0.5, 0.6) is 5.75 Å². The normalized spacial score (nSPS) is 22.0. The molecule has 0 saturated heterocycles. The van der Waals surface area contributed by atoms with Crippen LogP contribution >= 0.6 is 11.8 Å². The highest BCUT2D eigenvalue weighted by molar-refractivity contribution is 8.13. The van der Waals surface area contributed by atoms with Gasteiger partial charge in [-0.25, -0.2) is 9.48 Å². The van der Waals surface area contributed by atoms with E-state index in [9.17, 15) is 5.11 Å². The van der Waals surface area contributed by atoms with Crippen molar-refractivity contribution in [2.75, 3.05) is 30.3 Å². The van der Waals surface area contributed by atoms with Crippen LogP contribution in [0.15, 0.2) is 54.6 Å². The molecule has 0 radical (unpaired) electrons. The topological polar surface area (TPSA) is 35.7 Å². The van der Waals surface area contributed by atoms with E-state index < -0.39 is 5.72 Å². The van der Waals surface area contributed by atoms with Crippen molar-refractivity contribution in [3.05, 3.63) is 60.2 Å². The molecule has 2 heterocycles. The van der Waals surface area contributed by atoms with E-state index in [4.69, 9.17) is 4.74 Å². The number of amidine groups is 1. The number of aliphatic hydroxyl groups is 1. The SMILES string of the molecule is CCOc1ccccc1N1CC(O)(c2ccccc2)[N+]2=C1SCCC2.[Br-]. The van der Waals surface area contributed by atoms with Gasteiger partial charge in [0.05, 0.1) is 13.2 Å². The lowest BCUT2D eigenvalue weighted by Crippen LogP contribution is -3.00. The number of para-hydroxylation sites is 2. The summed E-state index contributed by atoms with van der Waals surface area (Å²) in [6.45, 7) is 3.99. The Hall–Kier alpha value is -1.50. The molecule has 0 spiro atoms. The minimum absolute atomic E-state index is 0. The molecule has 0 bridgehead atoms. The number of ether oxygens (including phenoxy) is 1. The molecule has 2 aromatic carbocycles. The number of β-amino-alcohol motifs (C(OH)–C–C–N with tert-alkyl or cyclic N) is 1. The van der Waals surface area contributed by atoms with Crippen LogP contribution in [-0.4, -0.2) is 40.3 Å². The van der Waals surface area contributed by atoms with Gasteiger partial charge in [0.15, 0.2) is 18.0 Å². The van der Waals surface area contributed by atoms with E-state index in [1.807, 2.05) is 67.2 Å². The van der Waals surface area contributed by atoms with Crippen molar-refractivity contribution in [3.8, 4) is 5.75 Å². The fraction of sp³-hybridized carbons (Fsp3) is 0.350. The zero-order valence-corrected chi connectivity index (χ0v) is 17.2. The van der Waals surface area contributed by atoms with Crippen molar-refractivity contribution in [2.45, 2.75) is 19.1 Å². The van der Waals surface area contributed by atoms with Gasteiger partial charge in [0, 0.05) is 11.3 Å². The van der Waals surface area contributed by atoms with Crippen molar-refractivity contribution in [1.29, 1.82) is 0 Å². The van der Waals surface area contributed by atoms with E-state index in [1.165, 1.54) is 0 Å².